The summed E-state index contributed by atoms with van der Waals surface area (Å²) in [5.74, 6) is 0. The summed E-state index contributed by atoms with van der Waals surface area (Å²) in [5, 5.41) is 0. The number of carbonyl (C=O) groups excluding carboxylic acids is 1. The Labute approximate surface area is 120 Å². The highest BCUT2D eigenvalue weighted by Crippen LogP contribution is 2.05. The van der Waals surface area contributed by atoms with Gasteiger partial charge in [0.1, 0.15) is 6.61 Å². The maximum Gasteiger partial charge on any atom is 0.409 e. The van der Waals surface area contributed by atoms with E-state index >= 15 is 0 Å². The first kappa shape index (κ1) is 14.8. The average Bonchev–Trinajstić information content (AvgIpc) is 2.46. The first-order valence-electron chi connectivity index (χ1n) is 7.05. The Bertz CT molecular complexity index is 416. The fourth-order valence-corrected chi connectivity index (χ4v) is 2.23. The predicted octanol–water partition coefficient (Wildman–Crippen LogP) is 0.940. The third-order valence-corrected chi connectivity index (χ3v) is 3.52. The van der Waals surface area contributed by atoms with E-state index in [1.54, 1.807) is 4.90 Å². The number of piperazine rings is 1. The molecule has 20 heavy (non-hydrogen) atoms. The second kappa shape index (κ2) is 7.26. The van der Waals surface area contributed by atoms with Crippen molar-refractivity contribution < 1.29 is 9.53 Å². The van der Waals surface area contributed by atoms with Gasteiger partial charge in [-0.15, -0.1) is 0 Å². The lowest BCUT2D eigenvalue weighted by Crippen LogP contribution is -2.48. The quantitative estimate of drug-likeness (QED) is 0.890. The summed E-state index contributed by atoms with van der Waals surface area (Å²) in [6.45, 7) is 3.50. The third kappa shape index (κ3) is 4.51. The number of rotatable bonds is 4. The van der Waals surface area contributed by atoms with Gasteiger partial charge >= 0.3 is 6.09 Å². The van der Waals surface area contributed by atoms with E-state index in [-0.39, 0.29) is 18.7 Å². The Morgan fingerprint density at radius 2 is 1.90 bits per heavy atom. The van der Waals surface area contributed by atoms with E-state index in [2.05, 4.69) is 11.9 Å². The van der Waals surface area contributed by atoms with Crippen LogP contribution in [-0.2, 0) is 11.2 Å². The van der Waals surface area contributed by atoms with Crippen molar-refractivity contribution in [3.8, 4) is 0 Å². The van der Waals surface area contributed by atoms with E-state index in [0.717, 1.165) is 38.2 Å². The average molecular weight is 277 g/mol. The molecular formula is C15H23N3O2. The summed E-state index contributed by atoms with van der Waals surface area (Å²) in [6.07, 6.45) is 0.471. The molecule has 0 spiro atoms. The second-order valence-electron chi connectivity index (χ2n) is 5.32. The SMILES string of the molecule is CN1CCN(C(=O)OC[C@H](N)Cc2ccccc2)CC1. The van der Waals surface area contributed by atoms with Gasteiger partial charge in [-0.1, -0.05) is 30.3 Å². The van der Waals surface area contributed by atoms with Gasteiger partial charge in [0.15, 0.2) is 0 Å². The molecule has 2 N–H and O–H groups in total. The van der Waals surface area contributed by atoms with Crippen LogP contribution in [-0.4, -0.2) is 61.8 Å². The summed E-state index contributed by atoms with van der Waals surface area (Å²) < 4.78 is 5.29. The van der Waals surface area contributed by atoms with Crippen LogP contribution in [0.2, 0.25) is 0 Å². The Balaban J connectivity index is 1.70. The van der Waals surface area contributed by atoms with Crippen LogP contribution >= 0.6 is 0 Å². The summed E-state index contributed by atoms with van der Waals surface area (Å²) in [7, 11) is 2.05. The standard InChI is InChI=1S/C15H23N3O2/c1-17-7-9-18(10-8-17)15(19)20-12-14(16)11-13-5-3-2-4-6-13/h2-6,14H,7-12,16H2,1H3/t14-/m1/s1. The number of ether oxygens (including phenoxy) is 1. The van der Waals surface area contributed by atoms with Crippen molar-refractivity contribution in [2.24, 2.45) is 5.73 Å². The lowest BCUT2D eigenvalue weighted by atomic mass is 10.1. The maximum atomic E-state index is 11.9. The number of benzene rings is 1. The third-order valence-electron chi connectivity index (χ3n) is 3.52. The summed E-state index contributed by atoms with van der Waals surface area (Å²) in [6, 6.07) is 9.84. The Morgan fingerprint density at radius 3 is 2.55 bits per heavy atom. The molecule has 1 heterocycles. The van der Waals surface area contributed by atoms with Crippen LogP contribution < -0.4 is 5.73 Å². The number of carbonyl (C=O) groups is 1. The minimum absolute atomic E-state index is 0.159. The fraction of sp³-hybridized carbons (Fsp3) is 0.533. The molecule has 2 rings (SSSR count). The Hall–Kier alpha value is -1.59. The lowest BCUT2D eigenvalue weighted by molar-refractivity contribution is 0.0777. The second-order valence-corrected chi connectivity index (χ2v) is 5.32. The number of amides is 1. The monoisotopic (exact) mass is 277 g/mol. The summed E-state index contributed by atoms with van der Waals surface area (Å²) in [4.78, 5) is 15.8. The minimum atomic E-state index is -0.249. The molecule has 1 aromatic carbocycles. The van der Waals surface area contributed by atoms with Gasteiger partial charge in [0.2, 0.25) is 0 Å². The minimum Gasteiger partial charge on any atom is -0.448 e. The molecule has 1 fully saturated rings. The molecule has 5 nitrogen and oxygen atoms in total. The molecule has 1 atom stereocenters. The molecule has 0 radical (unpaired) electrons. The van der Waals surface area contributed by atoms with Crippen molar-refractivity contribution in [3.63, 3.8) is 0 Å². The molecule has 1 aliphatic rings. The first-order chi connectivity index (χ1) is 9.65. The van der Waals surface area contributed by atoms with Crippen LogP contribution in [0.15, 0.2) is 30.3 Å². The van der Waals surface area contributed by atoms with Crippen molar-refractivity contribution in [3.05, 3.63) is 35.9 Å². The summed E-state index contributed by atoms with van der Waals surface area (Å²) in [5.41, 5.74) is 7.16. The highest BCUT2D eigenvalue weighted by molar-refractivity contribution is 5.67. The van der Waals surface area contributed by atoms with Crippen molar-refractivity contribution in [2.75, 3.05) is 39.8 Å². The topological polar surface area (TPSA) is 58.8 Å². The van der Waals surface area contributed by atoms with E-state index in [1.807, 2.05) is 30.3 Å². The van der Waals surface area contributed by atoms with E-state index in [4.69, 9.17) is 10.5 Å². The molecule has 0 aliphatic carbocycles. The zero-order chi connectivity index (χ0) is 14.4. The molecule has 0 saturated carbocycles. The van der Waals surface area contributed by atoms with Crippen molar-refractivity contribution in [1.82, 2.24) is 9.80 Å². The van der Waals surface area contributed by atoms with Gasteiger partial charge in [0.25, 0.3) is 0 Å². The Morgan fingerprint density at radius 1 is 1.25 bits per heavy atom. The molecule has 0 bridgehead atoms. The highest BCUT2D eigenvalue weighted by Gasteiger charge is 2.20. The molecule has 1 amide bonds. The van der Waals surface area contributed by atoms with Crippen molar-refractivity contribution in [1.29, 1.82) is 0 Å². The van der Waals surface area contributed by atoms with E-state index in [1.165, 1.54) is 0 Å². The fourth-order valence-electron chi connectivity index (χ4n) is 2.23. The molecule has 1 aliphatic heterocycles. The predicted molar refractivity (Wildman–Crippen MR) is 78.5 cm³/mol. The largest absolute Gasteiger partial charge is 0.448 e. The molecule has 1 saturated heterocycles. The summed E-state index contributed by atoms with van der Waals surface area (Å²) >= 11 is 0. The van der Waals surface area contributed by atoms with E-state index in [0.29, 0.717) is 0 Å². The normalized spacial score (nSPS) is 17.8. The number of hydrogen-bond donors (Lipinski definition) is 1. The van der Waals surface area contributed by atoms with Crippen molar-refractivity contribution >= 4 is 6.09 Å². The first-order valence-corrected chi connectivity index (χ1v) is 7.05. The van der Waals surface area contributed by atoms with E-state index in [9.17, 15) is 4.79 Å². The molecule has 0 unspecified atom stereocenters. The molecule has 5 heteroatoms. The van der Waals surface area contributed by atoms with E-state index < -0.39 is 0 Å². The highest BCUT2D eigenvalue weighted by atomic mass is 16.6. The number of nitrogens with two attached hydrogens (primary N) is 1. The smallest absolute Gasteiger partial charge is 0.409 e. The number of hydrogen-bond acceptors (Lipinski definition) is 4. The van der Waals surface area contributed by atoms with Gasteiger partial charge in [-0.05, 0) is 19.0 Å². The van der Waals surface area contributed by atoms with Crippen LogP contribution in [0.25, 0.3) is 0 Å². The van der Waals surface area contributed by atoms with Gasteiger partial charge in [0.05, 0.1) is 0 Å². The maximum absolute atomic E-state index is 11.9. The van der Waals surface area contributed by atoms with Gasteiger partial charge in [0, 0.05) is 32.2 Å². The van der Waals surface area contributed by atoms with Crippen LogP contribution in [0, 0.1) is 0 Å². The zero-order valence-corrected chi connectivity index (χ0v) is 12.0. The van der Waals surface area contributed by atoms with Gasteiger partial charge < -0.3 is 20.3 Å². The van der Waals surface area contributed by atoms with Gasteiger partial charge in [-0.3, -0.25) is 0 Å². The zero-order valence-electron chi connectivity index (χ0n) is 12.0. The Kier molecular flexibility index (Phi) is 5.38. The van der Waals surface area contributed by atoms with Crippen LogP contribution in [0.4, 0.5) is 4.79 Å². The number of likely N-dealkylation sites (N-methyl/N-ethyl adjacent to an activating group) is 1. The molecule has 110 valence electrons. The van der Waals surface area contributed by atoms with Gasteiger partial charge in [-0.25, -0.2) is 4.79 Å². The van der Waals surface area contributed by atoms with Gasteiger partial charge in [-0.2, -0.15) is 0 Å². The van der Waals surface area contributed by atoms with Crippen LogP contribution in [0.1, 0.15) is 5.56 Å². The number of nitrogens with zero attached hydrogens (tertiary/aromatic N) is 2. The lowest BCUT2D eigenvalue weighted by Gasteiger charge is -2.31. The molecule has 1 aromatic rings. The van der Waals surface area contributed by atoms with Crippen LogP contribution in [0.3, 0.4) is 0 Å². The van der Waals surface area contributed by atoms with Crippen molar-refractivity contribution in [2.45, 2.75) is 12.5 Å². The molecule has 0 aromatic heterocycles. The molecular weight excluding hydrogens is 254 g/mol. The van der Waals surface area contributed by atoms with Crippen LogP contribution in [0.5, 0.6) is 0 Å².